The summed E-state index contributed by atoms with van der Waals surface area (Å²) in [5.41, 5.74) is 2.00. The van der Waals surface area contributed by atoms with Gasteiger partial charge in [0.15, 0.2) is 5.56 Å². The molecule has 3 rings (SSSR count). The van der Waals surface area contributed by atoms with Crippen LogP contribution < -0.4 is 5.56 Å². The van der Waals surface area contributed by atoms with Gasteiger partial charge < -0.3 is 56.6 Å². The molecule has 0 amide bonds. The standard InChI is InChI=1S/2C9H8O.C8H7NO.CH4.3W/c1-2-5-8-6-3-4-7-9(8)10;1-2-4-8-5-3-6-9(10)7-8;1-2-4-7-5-3-6-8(10)9-7;;;;/h3-5H,7H2,1H3;3-5H,6H2,1H3;3-4,6H,1H3,(H,9,10);1H4;;;/q3*-2;;3*+2. The molecule has 4 nitrogen and oxygen atoms in total. The molecule has 34 heavy (non-hydrogen) atoms. The molecule has 0 unspecified atom stereocenters. The van der Waals surface area contributed by atoms with Gasteiger partial charge in [-0.1, -0.05) is 19.9 Å². The predicted molar refractivity (Wildman–Crippen MR) is 124 cm³/mol. The predicted octanol–water partition coefficient (Wildman–Crippen LogP) is 4.89. The minimum absolute atomic E-state index is 0. The summed E-state index contributed by atoms with van der Waals surface area (Å²) in [6.07, 6.45) is 27.3. The van der Waals surface area contributed by atoms with Gasteiger partial charge in [-0.2, -0.15) is 24.3 Å². The second kappa shape index (κ2) is 24.7. The Kier molecular flexibility index (Phi) is 28.8. The first-order chi connectivity index (χ1) is 14.5. The number of carbonyl (C=O) groups excluding carboxylic acids is 2. The van der Waals surface area contributed by atoms with E-state index in [0.29, 0.717) is 24.1 Å². The van der Waals surface area contributed by atoms with Crippen LogP contribution in [-0.2, 0) is 72.8 Å². The Balaban J connectivity index is -0.000000187. The summed E-state index contributed by atoms with van der Waals surface area (Å²) in [5.74, 6) is 0.167. The zero-order valence-corrected chi connectivity index (χ0v) is 27.4. The van der Waals surface area contributed by atoms with Gasteiger partial charge in [0.1, 0.15) is 0 Å². The fourth-order valence-corrected chi connectivity index (χ4v) is 2.20. The van der Waals surface area contributed by atoms with Gasteiger partial charge in [0, 0.05) is 6.42 Å². The smallest absolute Gasteiger partial charge is 0.435 e. The van der Waals surface area contributed by atoms with E-state index in [9.17, 15) is 14.4 Å². The van der Waals surface area contributed by atoms with Gasteiger partial charge in [-0.25, -0.2) is 23.9 Å². The first-order valence-electron chi connectivity index (χ1n) is 9.27. The number of H-pyrrole nitrogens is 1. The SMILES string of the molecule is C.C[C-]=CC1=[C-]C(=O)CC=C1.C[C-]=CC1=[C-]C=CCC1=O.C[C-]=Cc1[c-]ccc(=O)[nH]1.[W+2].[W+2].[W+2]. The molecule has 1 heterocycles. The number of rotatable bonds is 3. The summed E-state index contributed by atoms with van der Waals surface area (Å²) in [6.45, 7) is 5.32. The second-order valence-electron chi connectivity index (χ2n) is 5.88. The fraction of sp³-hybridized carbons (Fsp3) is 0.222. The molecular weight excluding hydrogens is 938 g/mol. The van der Waals surface area contributed by atoms with Gasteiger partial charge in [-0.15, -0.1) is 20.8 Å². The van der Waals surface area contributed by atoms with Crippen LogP contribution >= 0.6 is 0 Å². The molecule has 1 aromatic heterocycles. The van der Waals surface area contributed by atoms with Gasteiger partial charge in [0.2, 0.25) is 0 Å². The van der Waals surface area contributed by atoms with Crippen LogP contribution in [0.5, 0.6) is 0 Å². The van der Waals surface area contributed by atoms with Crippen molar-refractivity contribution >= 4 is 17.6 Å². The quantitative estimate of drug-likeness (QED) is 0.440. The molecule has 1 N–H and O–H groups in total. The van der Waals surface area contributed by atoms with Crippen LogP contribution in [0.1, 0.15) is 46.7 Å². The maximum atomic E-state index is 11.0. The zero-order chi connectivity index (χ0) is 22.2. The molecule has 176 valence electrons. The van der Waals surface area contributed by atoms with Crippen molar-refractivity contribution < 1.29 is 72.8 Å². The molecule has 0 atom stereocenters. The van der Waals surface area contributed by atoms with Crippen molar-refractivity contribution in [2.45, 2.75) is 41.0 Å². The largest absolute Gasteiger partial charge is 2.00 e. The average Bonchev–Trinajstić information content (AvgIpc) is 2.72. The van der Waals surface area contributed by atoms with Crippen molar-refractivity contribution in [3.05, 3.63) is 112 Å². The Morgan fingerprint density at radius 2 is 1.56 bits per heavy atom. The van der Waals surface area contributed by atoms with Crippen molar-refractivity contribution in [2.75, 3.05) is 0 Å². The van der Waals surface area contributed by atoms with Crippen LogP contribution in [0.15, 0.2) is 64.5 Å². The van der Waals surface area contributed by atoms with Crippen molar-refractivity contribution in [1.82, 2.24) is 4.98 Å². The monoisotopic (exact) mass is 965 g/mol. The first kappa shape index (κ1) is 39.7. The molecule has 0 radical (unpaired) electrons. The number of hydrogen-bond donors (Lipinski definition) is 1. The molecule has 2 aliphatic rings. The van der Waals surface area contributed by atoms with E-state index in [1.807, 2.05) is 12.2 Å². The third kappa shape index (κ3) is 17.9. The maximum Gasteiger partial charge on any atom is 2.00 e. The minimum atomic E-state index is -0.111. The normalized spacial score (nSPS) is 13.7. The number of nitrogens with one attached hydrogen (secondary N) is 1. The van der Waals surface area contributed by atoms with Gasteiger partial charge >= 0.3 is 63.2 Å². The van der Waals surface area contributed by atoms with Gasteiger partial charge in [-0.05, 0) is 5.78 Å². The van der Waals surface area contributed by atoms with E-state index < -0.39 is 0 Å². The molecule has 0 fully saturated rings. The van der Waals surface area contributed by atoms with Crippen molar-refractivity contribution in [3.8, 4) is 0 Å². The molecule has 0 saturated carbocycles. The summed E-state index contributed by atoms with van der Waals surface area (Å²) < 4.78 is 0. The second-order valence-corrected chi connectivity index (χ2v) is 5.88. The average molecular weight is 965 g/mol. The summed E-state index contributed by atoms with van der Waals surface area (Å²) in [7, 11) is 0. The Morgan fingerprint density at radius 1 is 0.912 bits per heavy atom. The molecule has 7 heteroatoms. The van der Waals surface area contributed by atoms with E-state index in [4.69, 9.17) is 0 Å². The fourth-order valence-electron chi connectivity index (χ4n) is 2.20. The Labute approximate surface area is 247 Å². The van der Waals surface area contributed by atoms with Crippen LogP contribution in [0.4, 0.5) is 0 Å². The van der Waals surface area contributed by atoms with Gasteiger partial charge in [0.25, 0.3) is 0 Å². The van der Waals surface area contributed by atoms with Crippen molar-refractivity contribution in [1.29, 1.82) is 0 Å². The summed E-state index contributed by atoms with van der Waals surface area (Å²) >= 11 is 0. The van der Waals surface area contributed by atoms with Gasteiger partial charge in [0.05, 0.1) is 5.78 Å². The van der Waals surface area contributed by atoms with E-state index in [0.717, 1.165) is 5.57 Å². The Hall–Kier alpha value is -1.47. The zero-order valence-electron chi connectivity index (χ0n) is 18.6. The number of ketones is 2. The molecule has 0 saturated heterocycles. The van der Waals surface area contributed by atoms with E-state index >= 15 is 0 Å². The summed E-state index contributed by atoms with van der Waals surface area (Å²) in [5, 5.41) is 0. The van der Waals surface area contributed by atoms with E-state index in [2.05, 4.69) is 41.4 Å². The third-order valence-corrected chi connectivity index (χ3v) is 3.45. The van der Waals surface area contributed by atoms with Crippen LogP contribution in [0, 0.1) is 36.4 Å². The number of pyridine rings is 1. The number of hydrogen-bond acceptors (Lipinski definition) is 3. The molecule has 0 bridgehead atoms. The topological polar surface area (TPSA) is 67.0 Å². The molecule has 2 aliphatic carbocycles. The van der Waals surface area contributed by atoms with Gasteiger partial charge in [-0.3, -0.25) is 16.4 Å². The van der Waals surface area contributed by atoms with E-state index in [1.165, 1.54) is 6.07 Å². The van der Waals surface area contributed by atoms with Crippen molar-refractivity contribution in [3.63, 3.8) is 0 Å². The number of aromatic nitrogens is 1. The molecule has 1 aromatic rings. The molecule has 0 aromatic carbocycles. The van der Waals surface area contributed by atoms with E-state index in [1.54, 1.807) is 57.2 Å². The molecule has 0 spiro atoms. The van der Waals surface area contributed by atoms with E-state index in [-0.39, 0.29) is 87.7 Å². The maximum absolute atomic E-state index is 11.0. The Morgan fingerprint density at radius 3 is 2.09 bits per heavy atom. The molecular formula is C27H27NO3W3. The first-order valence-corrected chi connectivity index (χ1v) is 9.27. The minimum Gasteiger partial charge on any atom is -0.435 e. The third-order valence-electron chi connectivity index (χ3n) is 3.45. The summed E-state index contributed by atoms with van der Waals surface area (Å²) in [4.78, 5) is 34.9. The van der Waals surface area contributed by atoms with Crippen LogP contribution in [-0.4, -0.2) is 16.6 Å². The van der Waals surface area contributed by atoms with Crippen molar-refractivity contribution in [2.24, 2.45) is 0 Å². The van der Waals surface area contributed by atoms with Crippen LogP contribution in [0.25, 0.3) is 6.08 Å². The number of aromatic amines is 1. The Bertz CT molecular complexity index is 990. The number of allylic oxidation sites excluding steroid dienone is 13. The van der Waals surface area contributed by atoms with Crippen LogP contribution in [0.3, 0.4) is 0 Å². The number of Topliss-reactive ketones (excluding diaryl/α,β-unsaturated/α-hetero) is 2. The van der Waals surface area contributed by atoms with Crippen LogP contribution in [0.2, 0.25) is 0 Å². The number of carbonyl (C=O) groups is 2. The summed E-state index contributed by atoms with van der Waals surface area (Å²) in [6, 6.07) is 5.85. The molecule has 0 aliphatic heterocycles.